The van der Waals surface area contributed by atoms with Crippen molar-refractivity contribution in [3.8, 4) is 0 Å². The van der Waals surface area contributed by atoms with Crippen molar-refractivity contribution in [2.75, 3.05) is 6.54 Å². The lowest BCUT2D eigenvalue weighted by atomic mass is 10.4. The van der Waals surface area contributed by atoms with Crippen LogP contribution in [0.3, 0.4) is 0 Å². The molecule has 0 spiro atoms. The van der Waals surface area contributed by atoms with Gasteiger partial charge in [0, 0.05) is 26.3 Å². The number of nitrogens with one attached hydrogen (secondary N) is 2. The molecule has 0 aliphatic carbocycles. The number of nitrogens with zero attached hydrogens (tertiary/aromatic N) is 2. The Labute approximate surface area is 95.2 Å². The van der Waals surface area contributed by atoms with Gasteiger partial charge in [-0.2, -0.15) is 0 Å². The Morgan fingerprint density at radius 1 is 1.73 bits per heavy atom. The Balaban J connectivity index is 2.48. The number of rotatable bonds is 4. The van der Waals surface area contributed by atoms with Gasteiger partial charge in [-0.1, -0.05) is 0 Å². The fourth-order valence-electron chi connectivity index (χ4n) is 1.19. The molecule has 3 N–H and O–H groups in total. The number of hydrogen-bond donors (Lipinski definition) is 3. The Morgan fingerprint density at radius 2 is 2.40 bits per heavy atom. The third kappa shape index (κ3) is 3.12. The number of halogens is 1. The summed E-state index contributed by atoms with van der Waals surface area (Å²) in [6.07, 6.45) is 1.46. The zero-order chi connectivity index (χ0) is 11.4. The molecular weight excluding hydrogens is 264 g/mol. The van der Waals surface area contributed by atoms with Crippen molar-refractivity contribution >= 4 is 22.0 Å². The van der Waals surface area contributed by atoms with Crippen molar-refractivity contribution in [2.45, 2.75) is 13.0 Å². The van der Waals surface area contributed by atoms with Crippen LogP contribution >= 0.6 is 15.9 Å². The van der Waals surface area contributed by atoms with E-state index in [0.717, 1.165) is 4.60 Å². The van der Waals surface area contributed by atoms with Crippen LogP contribution in [0.4, 0.5) is 4.79 Å². The molecule has 1 aromatic heterocycles. The largest absolute Gasteiger partial charge is 0.465 e. The topological polar surface area (TPSA) is 83.0 Å². The lowest BCUT2D eigenvalue weighted by Crippen LogP contribution is -2.26. The van der Waals surface area contributed by atoms with E-state index in [4.69, 9.17) is 10.5 Å². The third-order valence-electron chi connectivity index (χ3n) is 2.02. The Kier molecular flexibility index (Phi) is 3.96. The van der Waals surface area contributed by atoms with Gasteiger partial charge in [-0.05, 0) is 22.4 Å². The van der Waals surface area contributed by atoms with Crippen molar-refractivity contribution in [1.29, 1.82) is 5.41 Å². The minimum absolute atomic E-state index is 0.386. The van der Waals surface area contributed by atoms with E-state index in [1.165, 1.54) is 0 Å². The lowest BCUT2D eigenvalue weighted by Gasteiger charge is -2.02. The van der Waals surface area contributed by atoms with Gasteiger partial charge in [-0.15, -0.1) is 0 Å². The smallest absolute Gasteiger partial charge is 0.404 e. The zero-order valence-corrected chi connectivity index (χ0v) is 9.91. The number of aryl methyl sites for hydroxylation is 1. The summed E-state index contributed by atoms with van der Waals surface area (Å²) in [7, 11) is 1.79. The van der Waals surface area contributed by atoms with E-state index in [-0.39, 0.29) is 0 Å². The fourth-order valence-corrected chi connectivity index (χ4v) is 1.60. The maximum atomic E-state index is 10.2. The first-order valence-electron chi connectivity index (χ1n) is 4.45. The maximum absolute atomic E-state index is 10.2. The van der Waals surface area contributed by atoms with Crippen LogP contribution in [0.25, 0.3) is 0 Å². The summed E-state index contributed by atoms with van der Waals surface area (Å²) in [6.45, 7) is 1.02. The summed E-state index contributed by atoms with van der Waals surface area (Å²) >= 11 is 3.31. The highest BCUT2D eigenvalue weighted by Gasteiger charge is 2.02. The number of amides is 1. The first kappa shape index (κ1) is 11.8. The highest BCUT2D eigenvalue weighted by molar-refractivity contribution is 9.10. The van der Waals surface area contributed by atoms with Gasteiger partial charge in [0.2, 0.25) is 5.62 Å². The normalized spacial score (nSPS) is 10.3. The molecule has 1 aromatic rings. The van der Waals surface area contributed by atoms with E-state index in [1.807, 2.05) is 6.20 Å². The van der Waals surface area contributed by atoms with E-state index >= 15 is 0 Å². The molecule has 0 aromatic carbocycles. The molecule has 7 heteroatoms. The molecule has 6 nitrogen and oxygen atoms in total. The number of carboxylic acid groups (broad SMARTS) is 1. The van der Waals surface area contributed by atoms with Crippen LogP contribution in [-0.2, 0) is 13.6 Å². The summed E-state index contributed by atoms with van der Waals surface area (Å²) in [4.78, 5) is 10.2. The molecule has 0 fully saturated rings. The van der Waals surface area contributed by atoms with Crippen molar-refractivity contribution in [3.05, 3.63) is 16.4 Å². The quantitative estimate of drug-likeness (QED) is 0.709. The molecule has 1 heterocycles. The van der Waals surface area contributed by atoms with E-state index < -0.39 is 6.09 Å². The van der Waals surface area contributed by atoms with Crippen LogP contribution in [0, 0.1) is 5.41 Å². The molecule has 0 unspecified atom stereocenters. The van der Waals surface area contributed by atoms with Crippen molar-refractivity contribution in [2.24, 2.45) is 7.05 Å². The van der Waals surface area contributed by atoms with Crippen LogP contribution in [0.15, 0.2) is 10.8 Å². The monoisotopic (exact) mass is 276 g/mol. The molecule has 0 saturated carbocycles. The third-order valence-corrected chi connectivity index (χ3v) is 2.76. The average molecular weight is 277 g/mol. The van der Waals surface area contributed by atoms with Crippen LogP contribution in [0.1, 0.15) is 6.42 Å². The molecule has 0 aliphatic rings. The van der Waals surface area contributed by atoms with Gasteiger partial charge < -0.3 is 19.6 Å². The Bertz CT molecular complexity index is 409. The molecule has 0 atom stereocenters. The van der Waals surface area contributed by atoms with Crippen LogP contribution in [0.5, 0.6) is 0 Å². The van der Waals surface area contributed by atoms with Crippen LogP contribution < -0.4 is 10.9 Å². The van der Waals surface area contributed by atoms with E-state index in [0.29, 0.717) is 25.1 Å². The second kappa shape index (κ2) is 5.01. The van der Waals surface area contributed by atoms with Crippen LogP contribution in [0.2, 0.25) is 0 Å². The second-order valence-corrected chi connectivity index (χ2v) is 3.93. The minimum atomic E-state index is -1.01. The first-order chi connectivity index (χ1) is 7.02. The van der Waals surface area contributed by atoms with Crippen molar-refractivity contribution < 1.29 is 9.90 Å². The molecule has 0 saturated heterocycles. The molecule has 1 amide bonds. The molecule has 0 bridgehead atoms. The van der Waals surface area contributed by atoms with Gasteiger partial charge >= 0.3 is 6.09 Å². The molecule has 1 rings (SSSR count). The molecule has 0 aliphatic heterocycles. The van der Waals surface area contributed by atoms with Gasteiger partial charge in [0.15, 0.2) is 0 Å². The zero-order valence-electron chi connectivity index (χ0n) is 8.33. The van der Waals surface area contributed by atoms with Gasteiger partial charge in [0.05, 0.1) is 0 Å². The lowest BCUT2D eigenvalue weighted by molar-refractivity contribution is 0.194. The maximum Gasteiger partial charge on any atom is 0.404 e. The molecular formula is C8H13BrN4O2. The first-order valence-corrected chi connectivity index (χ1v) is 5.24. The Hall–Kier alpha value is -1.24. The second-order valence-electron chi connectivity index (χ2n) is 3.11. The summed E-state index contributed by atoms with van der Waals surface area (Å²) in [5.74, 6) is 0. The Morgan fingerprint density at radius 3 is 2.87 bits per heavy atom. The van der Waals surface area contributed by atoms with Crippen molar-refractivity contribution in [3.63, 3.8) is 0 Å². The predicted molar refractivity (Wildman–Crippen MR) is 57.6 cm³/mol. The molecule has 15 heavy (non-hydrogen) atoms. The van der Waals surface area contributed by atoms with Gasteiger partial charge in [0.25, 0.3) is 0 Å². The van der Waals surface area contributed by atoms with Crippen LogP contribution in [-0.4, -0.2) is 26.9 Å². The highest BCUT2D eigenvalue weighted by atomic mass is 79.9. The summed E-state index contributed by atoms with van der Waals surface area (Å²) in [6, 6.07) is 0. The standard InChI is InChI=1S/C8H13BrN4O2/c1-12-6(9)5-13(7(12)10)4-2-3-11-8(14)15/h5,10-11H,2-4H2,1H3,(H,14,15). The number of imidazole rings is 1. The predicted octanol–water partition coefficient (Wildman–Crippen LogP) is 0.726. The SMILES string of the molecule is Cn1c(Br)cn(CCCNC(=O)O)c1=N. The van der Waals surface area contributed by atoms with E-state index in [9.17, 15) is 4.79 Å². The summed E-state index contributed by atoms with van der Waals surface area (Å²) in [5.41, 5.74) is 0.386. The fraction of sp³-hybridized carbons (Fsp3) is 0.500. The number of aromatic nitrogens is 2. The van der Waals surface area contributed by atoms with Gasteiger partial charge in [-0.25, -0.2) is 4.79 Å². The summed E-state index contributed by atoms with van der Waals surface area (Å²) < 4.78 is 4.29. The van der Waals surface area contributed by atoms with Crippen molar-refractivity contribution in [1.82, 2.24) is 14.5 Å². The number of hydrogen-bond acceptors (Lipinski definition) is 2. The summed E-state index contributed by atoms with van der Waals surface area (Å²) in [5, 5.41) is 18.3. The van der Waals surface area contributed by atoms with Gasteiger partial charge in [-0.3, -0.25) is 5.41 Å². The van der Waals surface area contributed by atoms with Gasteiger partial charge in [0.1, 0.15) is 4.60 Å². The minimum Gasteiger partial charge on any atom is -0.465 e. The van der Waals surface area contributed by atoms with E-state index in [2.05, 4.69) is 21.2 Å². The highest BCUT2D eigenvalue weighted by Crippen LogP contribution is 2.04. The van der Waals surface area contributed by atoms with E-state index in [1.54, 1.807) is 16.2 Å². The molecule has 84 valence electrons. The number of carbonyl (C=O) groups is 1. The molecule has 0 radical (unpaired) electrons. The average Bonchev–Trinajstić information content (AvgIpc) is 2.41.